The van der Waals surface area contributed by atoms with E-state index in [-0.39, 0.29) is 23.0 Å². The Morgan fingerprint density at radius 3 is 1.76 bits per heavy atom. The smallest absolute Gasteiger partial charge is 0.308 e. The van der Waals surface area contributed by atoms with Gasteiger partial charge in [-0.25, -0.2) is 0 Å². The van der Waals surface area contributed by atoms with Crippen molar-refractivity contribution in [3.8, 4) is 17.2 Å². The first kappa shape index (κ1) is 13.0. The Kier molecular flexibility index (Phi) is 4.09. The Labute approximate surface area is 99.3 Å². The minimum Gasteiger partial charge on any atom is -0.493 e. The van der Waals surface area contributed by atoms with E-state index in [2.05, 4.69) is 0 Å². The highest BCUT2D eigenvalue weighted by Gasteiger charge is 2.17. The van der Waals surface area contributed by atoms with Crippen molar-refractivity contribution in [1.82, 2.24) is 0 Å². The molecule has 0 amide bonds. The van der Waals surface area contributed by atoms with Crippen LogP contribution in [0.25, 0.3) is 0 Å². The van der Waals surface area contributed by atoms with Crippen LogP contribution in [0.3, 0.4) is 0 Å². The molecule has 1 aromatic rings. The number of hydrogen-bond acceptors (Lipinski definition) is 5. The molecule has 1 rings (SSSR count). The number of ether oxygens (including phenoxy) is 3. The van der Waals surface area contributed by atoms with E-state index in [1.165, 1.54) is 40.2 Å². The van der Waals surface area contributed by atoms with Crippen LogP contribution in [0, 0.1) is 0 Å². The third-order valence-corrected chi connectivity index (χ3v) is 2.11. The second-order valence-electron chi connectivity index (χ2n) is 3.36. The maximum atomic E-state index is 11.3. The van der Waals surface area contributed by atoms with Crippen molar-refractivity contribution in [2.45, 2.75) is 13.8 Å². The molecule has 1 aromatic carbocycles. The van der Waals surface area contributed by atoms with Crippen LogP contribution in [0.4, 0.5) is 0 Å². The average molecular weight is 238 g/mol. The third-order valence-electron chi connectivity index (χ3n) is 2.11. The summed E-state index contributed by atoms with van der Waals surface area (Å²) in [5.74, 6) is 0.121. The second kappa shape index (κ2) is 5.34. The largest absolute Gasteiger partial charge is 0.493 e. The molecule has 0 spiro atoms. The van der Waals surface area contributed by atoms with Gasteiger partial charge in [-0.3, -0.25) is 9.59 Å². The van der Waals surface area contributed by atoms with Gasteiger partial charge in [0.15, 0.2) is 17.3 Å². The summed E-state index contributed by atoms with van der Waals surface area (Å²) in [5.41, 5.74) is 0.426. The number of esters is 1. The molecule has 0 radical (unpaired) electrons. The van der Waals surface area contributed by atoms with Crippen LogP contribution < -0.4 is 14.2 Å². The second-order valence-corrected chi connectivity index (χ2v) is 3.36. The van der Waals surface area contributed by atoms with Crippen molar-refractivity contribution in [2.75, 3.05) is 14.2 Å². The highest BCUT2D eigenvalue weighted by Crippen LogP contribution is 2.38. The van der Waals surface area contributed by atoms with Crippen molar-refractivity contribution < 1.29 is 23.8 Å². The minimum atomic E-state index is -0.489. The van der Waals surface area contributed by atoms with E-state index in [9.17, 15) is 9.59 Å². The van der Waals surface area contributed by atoms with Crippen LogP contribution >= 0.6 is 0 Å². The van der Waals surface area contributed by atoms with Crippen molar-refractivity contribution in [3.63, 3.8) is 0 Å². The average Bonchev–Trinajstić information content (AvgIpc) is 2.28. The summed E-state index contributed by atoms with van der Waals surface area (Å²) in [4.78, 5) is 22.3. The lowest BCUT2D eigenvalue weighted by atomic mass is 10.1. The van der Waals surface area contributed by atoms with Crippen molar-refractivity contribution in [2.24, 2.45) is 0 Å². The molecule has 0 aliphatic carbocycles. The van der Waals surface area contributed by atoms with Gasteiger partial charge >= 0.3 is 5.97 Å². The van der Waals surface area contributed by atoms with Gasteiger partial charge in [0.2, 0.25) is 5.75 Å². The fourth-order valence-corrected chi connectivity index (χ4v) is 1.33. The van der Waals surface area contributed by atoms with Gasteiger partial charge in [-0.15, -0.1) is 0 Å². The molecule has 0 N–H and O–H groups in total. The van der Waals surface area contributed by atoms with Gasteiger partial charge in [-0.2, -0.15) is 0 Å². The van der Waals surface area contributed by atoms with Crippen molar-refractivity contribution >= 4 is 11.8 Å². The molecule has 5 nitrogen and oxygen atoms in total. The van der Waals surface area contributed by atoms with Crippen LogP contribution in [0.15, 0.2) is 12.1 Å². The first-order chi connectivity index (χ1) is 7.99. The molecule has 0 aromatic heterocycles. The van der Waals surface area contributed by atoms with Gasteiger partial charge in [-0.1, -0.05) is 0 Å². The van der Waals surface area contributed by atoms with E-state index in [0.717, 1.165) is 0 Å². The SMILES string of the molecule is COc1cc(C(C)=O)cc(OC)c1OC(C)=O. The summed E-state index contributed by atoms with van der Waals surface area (Å²) in [7, 11) is 2.84. The maximum absolute atomic E-state index is 11.3. The predicted octanol–water partition coefficient (Wildman–Crippen LogP) is 1.83. The lowest BCUT2D eigenvalue weighted by Gasteiger charge is -2.13. The molecule has 17 heavy (non-hydrogen) atoms. The molecule has 0 saturated heterocycles. The molecule has 5 heteroatoms. The van der Waals surface area contributed by atoms with Gasteiger partial charge < -0.3 is 14.2 Å². The number of carbonyl (C=O) groups is 2. The Bertz CT molecular complexity index is 425. The highest BCUT2D eigenvalue weighted by molar-refractivity contribution is 5.95. The summed E-state index contributed by atoms with van der Waals surface area (Å²) < 4.78 is 15.1. The molecular weight excluding hydrogens is 224 g/mol. The summed E-state index contributed by atoms with van der Waals surface area (Å²) in [5, 5.41) is 0. The summed E-state index contributed by atoms with van der Waals surface area (Å²) >= 11 is 0. The van der Waals surface area contributed by atoms with Crippen molar-refractivity contribution in [3.05, 3.63) is 17.7 Å². The topological polar surface area (TPSA) is 61.8 Å². The zero-order valence-electron chi connectivity index (χ0n) is 10.2. The molecular formula is C12H14O5. The van der Waals surface area contributed by atoms with E-state index in [4.69, 9.17) is 14.2 Å². The van der Waals surface area contributed by atoms with Gasteiger partial charge in [0.25, 0.3) is 0 Å². The van der Waals surface area contributed by atoms with E-state index in [1.807, 2.05) is 0 Å². The number of carbonyl (C=O) groups excluding carboxylic acids is 2. The van der Waals surface area contributed by atoms with Crippen molar-refractivity contribution in [1.29, 1.82) is 0 Å². The normalized spacial score (nSPS) is 9.65. The Balaban J connectivity index is 3.35. The number of benzene rings is 1. The zero-order chi connectivity index (χ0) is 13.0. The third kappa shape index (κ3) is 2.96. The Hall–Kier alpha value is -2.04. The molecule has 0 aliphatic rings. The zero-order valence-corrected chi connectivity index (χ0v) is 10.2. The van der Waals surface area contributed by atoms with E-state index in [1.54, 1.807) is 0 Å². The van der Waals surface area contributed by atoms with Crippen LogP contribution in [0.5, 0.6) is 17.2 Å². The lowest BCUT2D eigenvalue weighted by molar-refractivity contribution is -0.132. The van der Waals surface area contributed by atoms with Gasteiger partial charge in [0.05, 0.1) is 14.2 Å². The fourth-order valence-electron chi connectivity index (χ4n) is 1.33. The number of rotatable bonds is 4. The molecule has 0 fully saturated rings. The number of hydrogen-bond donors (Lipinski definition) is 0. The van der Waals surface area contributed by atoms with Gasteiger partial charge in [0.1, 0.15) is 0 Å². The van der Waals surface area contributed by atoms with E-state index >= 15 is 0 Å². The number of Topliss-reactive ketones (excluding diaryl/α,β-unsaturated/α-hetero) is 1. The number of ketones is 1. The molecule has 0 heterocycles. The minimum absolute atomic E-state index is 0.129. The standard InChI is InChI=1S/C12H14O5/c1-7(13)9-5-10(15-3)12(17-8(2)14)11(6-9)16-4/h5-6H,1-4H3. The predicted molar refractivity (Wildman–Crippen MR) is 60.9 cm³/mol. The lowest BCUT2D eigenvalue weighted by Crippen LogP contribution is -2.06. The van der Waals surface area contributed by atoms with Gasteiger partial charge in [-0.05, 0) is 19.1 Å². The fraction of sp³-hybridized carbons (Fsp3) is 0.333. The summed E-state index contributed by atoms with van der Waals surface area (Å²) in [6, 6.07) is 3.01. The van der Waals surface area contributed by atoms with Crippen LogP contribution in [0.1, 0.15) is 24.2 Å². The van der Waals surface area contributed by atoms with Crippen LogP contribution in [-0.2, 0) is 4.79 Å². The first-order valence-corrected chi connectivity index (χ1v) is 4.95. The van der Waals surface area contributed by atoms with Crippen LogP contribution in [0.2, 0.25) is 0 Å². The number of methoxy groups -OCH3 is 2. The highest BCUT2D eigenvalue weighted by atomic mass is 16.6. The van der Waals surface area contributed by atoms with E-state index in [0.29, 0.717) is 5.56 Å². The van der Waals surface area contributed by atoms with Gasteiger partial charge in [0, 0.05) is 12.5 Å². The van der Waals surface area contributed by atoms with Crippen LogP contribution in [-0.4, -0.2) is 26.0 Å². The summed E-state index contributed by atoms with van der Waals surface area (Å²) in [6.07, 6.45) is 0. The molecule has 0 atom stereocenters. The molecule has 0 bridgehead atoms. The van der Waals surface area contributed by atoms with E-state index < -0.39 is 5.97 Å². The quantitative estimate of drug-likeness (QED) is 0.455. The molecule has 0 unspecified atom stereocenters. The molecule has 92 valence electrons. The Morgan fingerprint density at radius 2 is 1.47 bits per heavy atom. The molecule has 0 saturated carbocycles. The molecule has 0 aliphatic heterocycles. The maximum Gasteiger partial charge on any atom is 0.308 e. The first-order valence-electron chi connectivity index (χ1n) is 4.95. The Morgan fingerprint density at radius 1 is 1.00 bits per heavy atom. The summed E-state index contributed by atoms with van der Waals surface area (Å²) in [6.45, 7) is 2.71. The monoisotopic (exact) mass is 238 g/mol.